The molecule has 2 atom stereocenters. The molecule has 0 fully saturated rings. The van der Waals surface area contributed by atoms with E-state index in [1.165, 1.54) is 244 Å². The molecule has 0 aliphatic carbocycles. The van der Waals surface area contributed by atoms with Gasteiger partial charge < -0.3 is 18.9 Å². The molecular formula is C65H127NO8P+. The molecule has 0 spiro atoms. The summed E-state index contributed by atoms with van der Waals surface area (Å²) in [5.41, 5.74) is 0. The fourth-order valence-electron chi connectivity index (χ4n) is 9.66. The van der Waals surface area contributed by atoms with Crippen LogP contribution in [0.5, 0.6) is 0 Å². The lowest BCUT2D eigenvalue weighted by molar-refractivity contribution is -0.870. The number of hydrogen-bond acceptors (Lipinski definition) is 7. The Kier molecular flexibility index (Phi) is 56.0. The number of unbranched alkanes of at least 4 members (excludes halogenated alkanes) is 43. The highest BCUT2D eigenvalue weighted by Crippen LogP contribution is 2.43. The van der Waals surface area contributed by atoms with E-state index in [9.17, 15) is 19.0 Å². The fourth-order valence-corrected chi connectivity index (χ4v) is 10.4. The van der Waals surface area contributed by atoms with Gasteiger partial charge in [0.1, 0.15) is 19.8 Å². The summed E-state index contributed by atoms with van der Waals surface area (Å²) in [5, 5.41) is 0. The van der Waals surface area contributed by atoms with E-state index in [0.29, 0.717) is 17.4 Å². The lowest BCUT2D eigenvalue weighted by Gasteiger charge is -2.24. The van der Waals surface area contributed by atoms with Gasteiger partial charge in [0.25, 0.3) is 0 Å². The molecule has 0 saturated heterocycles. The van der Waals surface area contributed by atoms with Gasteiger partial charge in [0.2, 0.25) is 0 Å². The van der Waals surface area contributed by atoms with E-state index in [1.54, 1.807) is 0 Å². The first kappa shape index (κ1) is 73.5. The zero-order chi connectivity index (χ0) is 54.9. The number of ether oxygens (including phenoxy) is 2. The highest BCUT2D eigenvalue weighted by atomic mass is 31.2. The number of phosphoric ester groups is 1. The van der Waals surface area contributed by atoms with Crippen molar-refractivity contribution >= 4 is 19.8 Å². The Morgan fingerprint density at radius 1 is 0.400 bits per heavy atom. The average Bonchev–Trinajstić information content (AvgIpc) is 3.37. The highest BCUT2D eigenvalue weighted by Gasteiger charge is 2.27. The Morgan fingerprint density at radius 3 is 0.987 bits per heavy atom. The summed E-state index contributed by atoms with van der Waals surface area (Å²) in [6.45, 7) is 4.47. The first-order valence-electron chi connectivity index (χ1n) is 32.6. The SMILES string of the molecule is CCCCCCCCC/C=C\CCCCCCCC(=O)OCC(COP(=O)(O)OCC[N+](C)(C)C)OC(=O)CCCCCCCCCCCCCCCCCCCCCCCCC/C=C\CCCCCCCCCC. The molecule has 0 rings (SSSR count). The first-order chi connectivity index (χ1) is 36.5. The average molecular weight is 1080 g/mol. The molecule has 0 heterocycles. The van der Waals surface area contributed by atoms with Crippen molar-refractivity contribution in [3.63, 3.8) is 0 Å². The second-order valence-electron chi connectivity index (χ2n) is 23.5. The molecule has 1 N–H and O–H groups in total. The van der Waals surface area contributed by atoms with Crippen LogP contribution in [0.2, 0.25) is 0 Å². The van der Waals surface area contributed by atoms with Crippen LogP contribution in [0.15, 0.2) is 24.3 Å². The molecule has 0 aromatic carbocycles. The van der Waals surface area contributed by atoms with Gasteiger partial charge in [0.05, 0.1) is 27.7 Å². The van der Waals surface area contributed by atoms with Gasteiger partial charge >= 0.3 is 19.8 Å². The van der Waals surface area contributed by atoms with Crippen LogP contribution in [0.3, 0.4) is 0 Å². The van der Waals surface area contributed by atoms with Gasteiger partial charge in [-0.2, -0.15) is 0 Å². The molecule has 0 bridgehead atoms. The molecule has 0 radical (unpaired) electrons. The molecule has 0 saturated carbocycles. The zero-order valence-electron chi connectivity index (χ0n) is 50.6. The Morgan fingerprint density at radius 2 is 0.680 bits per heavy atom. The number of carbonyl (C=O) groups excluding carboxylic acids is 2. The van der Waals surface area contributed by atoms with E-state index in [-0.39, 0.29) is 32.0 Å². The van der Waals surface area contributed by atoms with E-state index < -0.39 is 26.5 Å². The standard InChI is InChI=1S/C65H126NO8P/c1-6-8-10-12-14-16-18-20-22-24-25-26-27-28-29-30-31-32-33-34-35-36-37-38-39-40-41-42-44-46-48-50-52-54-56-58-65(68)74-63(62-73-75(69,70)72-60-59-66(3,4)5)61-71-64(67)57-55-53-51-49-47-45-43-23-21-19-17-15-13-11-9-7-2/h23-25,43,63H,6-22,26-42,44-62H2,1-5H3/p+1/b25-24-,43-23-. The van der Waals surface area contributed by atoms with Crippen LogP contribution in [0.25, 0.3) is 0 Å². The Bertz CT molecular complexity index is 1320. The van der Waals surface area contributed by atoms with Crippen molar-refractivity contribution in [1.82, 2.24) is 0 Å². The smallest absolute Gasteiger partial charge is 0.462 e. The fraction of sp³-hybridized carbons (Fsp3) is 0.908. The molecule has 75 heavy (non-hydrogen) atoms. The maximum Gasteiger partial charge on any atom is 0.472 e. The number of esters is 2. The monoisotopic (exact) mass is 1080 g/mol. The summed E-state index contributed by atoms with van der Waals surface area (Å²) in [5.74, 6) is -0.790. The molecule has 0 amide bonds. The third-order valence-electron chi connectivity index (χ3n) is 14.7. The molecule has 10 heteroatoms. The molecule has 0 aromatic rings. The van der Waals surface area contributed by atoms with Crippen molar-refractivity contribution in [2.75, 3.05) is 47.5 Å². The minimum absolute atomic E-state index is 0.0334. The molecule has 0 aromatic heterocycles. The van der Waals surface area contributed by atoms with Gasteiger partial charge in [-0.25, -0.2) is 4.57 Å². The van der Waals surface area contributed by atoms with E-state index in [0.717, 1.165) is 51.4 Å². The normalized spacial score (nSPS) is 13.3. The minimum atomic E-state index is -4.38. The Hall–Kier alpha value is -1.51. The second-order valence-corrected chi connectivity index (χ2v) is 25.0. The van der Waals surface area contributed by atoms with Crippen LogP contribution in [0.4, 0.5) is 0 Å². The van der Waals surface area contributed by atoms with Crippen molar-refractivity contribution < 1.29 is 42.1 Å². The van der Waals surface area contributed by atoms with E-state index in [2.05, 4.69) is 38.2 Å². The van der Waals surface area contributed by atoms with Crippen LogP contribution in [0.1, 0.15) is 328 Å². The van der Waals surface area contributed by atoms with Gasteiger partial charge in [-0.15, -0.1) is 0 Å². The predicted octanol–water partition coefficient (Wildman–Crippen LogP) is 20.5. The summed E-state index contributed by atoms with van der Waals surface area (Å²) in [6, 6.07) is 0. The summed E-state index contributed by atoms with van der Waals surface area (Å²) in [7, 11) is 1.49. The first-order valence-corrected chi connectivity index (χ1v) is 34.1. The van der Waals surface area contributed by atoms with Crippen LogP contribution >= 0.6 is 7.82 Å². The number of allylic oxidation sites excluding steroid dienone is 4. The summed E-state index contributed by atoms with van der Waals surface area (Å²) >= 11 is 0. The maximum absolute atomic E-state index is 12.8. The lowest BCUT2D eigenvalue weighted by Crippen LogP contribution is -2.37. The third kappa shape index (κ3) is 61.6. The lowest BCUT2D eigenvalue weighted by atomic mass is 10.0. The third-order valence-corrected chi connectivity index (χ3v) is 15.7. The molecule has 444 valence electrons. The van der Waals surface area contributed by atoms with E-state index in [4.69, 9.17) is 18.5 Å². The van der Waals surface area contributed by atoms with Gasteiger partial charge in [0, 0.05) is 12.8 Å². The molecular weight excluding hydrogens is 954 g/mol. The molecule has 9 nitrogen and oxygen atoms in total. The summed E-state index contributed by atoms with van der Waals surface area (Å²) in [6.07, 6.45) is 70.0. The molecule has 0 aliphatic rings. The number of likely N-dealkylation sites (N-methyl/N-ethyl adjacent to an activating group) is 1. The van der Waals surface area contributed by atoms with E-state index >= 15 is 0 Å². The number of quaternary nitrogens is 1. The van der Waals surface area contributed by atoms with Crippen molar-refractivity contribution in [3.8, 4) is 0 Å². The maximum atomic E-state index is 12.8. The molecule has 0 aliphatic heterocycles. The second kappa shape index (κ2) is 57.2. The molecule has 2 unspecified atom stereocenters. The van der Waals surface area contributed by atoms with Crippen LogP contribution in [-0.4, -0.2) is 74.9 Å². The number of hydrogen-bond donors (Lipinski definition) is 1. The van der Waals surface area contributed by atoms with Gasteiger partial charge in [0.15, 0.2) is 6.10 Å². The quantitative estimate of drug-likeness (QED) is 0.0211. The summed E-state index contributed by atoms with van der Waals surface area (Å²) in [4.78, 5) is 35.7. The van der Waals surface area contributed by atoms with Crippen molar-refractivity contribution in [2.45, 2.75) is 335 Å². The number of phosphoric acid groups is 1. The van der Waals surface area contributed by atoms with Crippen molar-refractivity contribution in [1.29, 1.82) is 0 Å². The highest BCUT2D eigenvalue weighted by molar-refractivity contribution is 7.47. The van der Waals surface area contributed by atoms with E-state index in [1.807, 2.05) is 21.1 Å². The number of nitrogens with zero attached hydrogens (tertiary/aromatic N) is 1. The Labute approximate surface area is 466 Å². The van der Waals surface area contributed by atoms with Crippen molar-refractivity contribution in [3.05, 3.63) is 24.3 Å². The summed E-state index contributed by atoms with van der Waals surface area (Å²) < 4.78 is 34.6. The van der Waals surface area contributed by atoms with Gasteiger partial charge in [-0.05, 0) is 64.2 Å². The predicted molar refractivity (Wildman–Crippen MR) is 321 cm³/mol. The largest absolute Gasteiger partial charge is 0.472 e. The zero-order valence-corrected chi connectivity index (χ0v) is 51.5. The Balaban J connectivity index is 3.94. The van der Waals surface area contributed by atoms with Crippen LogP contribution in [0, 0.1) is 0 Å². The van der Waals surface area contributed by atoms with Gasteiger partial charge in [-0.1, -0.05) is 276 Å². The van der Waals surface area contributed by atoms with Crippen LogP contribution < -0.4 is 0 Å². The number of carbonyl (C=O) groups is 2. The van der Waals surface area contributed by atoms with Crippen LogP contribution in [-0.2, 0) is 32.7 Å². The topological polar surface area (TPSA) is 108 Å². The minimum Gasteiger partial charge on any atom is -0.462 e. The van der Waals surface area contributed by atoms with Gasteiger partial charge in [-0.3, -0.25) is 18.6 Å². The number of rotatable bonds is 61. The van der Waals surface area contributed by atoms with Crippen molar-refractivity contribution in [2.24, 2.45) is 0 Å².